The molecule has 5 nitrogen and oxygen atoms in total. The minimum Gasteiger partial charge on any atom is -0.467 e. The Morgan fingerprint density at radius 1 is 1.16 bits per heavy atom. The van der Waals surface area contributed by atoms with Crippen molar-refractivity contribution in [1.29, 1.82) is 0 Å². The van der Waals surface area contributed by atoms with E-state index in [1.165, 1.54) is 16.7 Å². The van der Waals surface area contributed by atoms with Gasteiger partial charge in [-0.25, -0.2) is 9.97 Å². The maximum absolute atomic E-state index is 6.49. The van der Waals surface area contributed by atoms with Crippen molar-refractivity contribution < 1.29 is 4.74 Å². The Labute approximate surface area is 193 Å². The number of nitrogen functional groups attached to an aromatic ring is 1. The summed E-state index contributed by atoms with van der Waals surface area (Å²) < 4.78 is 6.09. The van der Waals surface area contributed by atoms with E-state index in [1.807, 2.05) is 26.0 Å². The van der Waals surface area contributed by atoms with Crippen molar-refractivity contribution in [3.05, 3.63) is 68.3 Å². The number of nitrogens with zero attached hydrogens (tertiary/aromatic N) is 3. The number of halogens is 2. The molecule has 7 heteroatoms. The second-order valence-electron chi connectivity index (χ2n) is 8.22. The molecular formula is C24H26Cl2N4O. The highest BCUT2D eigenvalue weighted by atomic mass is 35.5. The van der Waals surface area contributed by atoms with E-state index in [1.54, 1.807) is 6.20 Å². The van der Waals surface area contributed by atoms with E-state index >= 15 is 0 Å². The van der Waals surface area contributed by atoms with Crippen LogP contribution in [0.3, 0.4) is 0 Å². The summed E-state index contributed by atoms with van der Waals surface area (Å²) in [6.45, 7) is 7.96. The fourth-order valence-corrected chi connectivity index (χ4v) is 4.77. The number of likely N-dealkylation sites (N-methyl/N-ethyl adjacent to an activating group) is 1. The third-order valence-electron chi connectivity index (χ3n) is 5.83. The van der Waals surface area contributed by atoms with Gasteiger partial charge in [-0.05, 0) is 74.7 Å². The van der Waals surface area contributed by atoms with Crippen LogP contribution in [0.25, 0.3) is 11.3 Å². The van der Waals surface area contributed by atoms with Crippen LogP contribution in [-0.2, 0) is 13.0 Å². The lowest BCUT2D eigenvalue weighted by Gasteiger charge is -2.27. The molecule has 2 aromatic carbocycles. The molecule has 3 aromatic rings. The molecule has 1 atom stereocenters. The van der Waals surface area contributed by atoms with Gasteiger partial charge >= 0.3 is 0 Å². The van der Waals surface area contributed by atoms with Gasteiger partial charge in [-0.15, -0.1) is 0 Å². The van der Waals surface area contributed by atoms with Crippen LogP contribution in [0.1, 0.15) is 40.8 Å². The molecule has 0 radical (unpaired) electrons. The normalized spacial score (nSPS) is 14.9. The molecule has 1 aliphatic rings. The first-order valence-electron chi connectivity index (χ1n) is 10.3. The summed E-state index contributed by atoms with van der Waals surface area (Å²) in [7, 11) is 2.14. The molecule has 0 saturated carbocycles. The molecule has 31 heavy (non-hydrogen) atoms. The number of benzene rings is 2. The first kappa shape index (κ1) is 21.9. The third-order valence-corrected chi connectivity index (χ3v) is 6.66. The molecule has 0 saturated heterocycles. The predicted octanol–water partition coefficient (Wildman–Crippen LogP) is 5.78. The number of aromatic nitrogens is 2. The molecule has 0 bridgehead atoms. The molecule has 0 spiro atoms. The lowest BCUT2D eigenvalue weighted by molar-refractivity contribution is 0.218. The van der Waals surface area contributed by atoms with Gasteiger partial charge in [0.2, 0.25) is 0 Å². The van der Waals surface area contributed by atoms with Crippen LogP contribution >= 0.6 is 23.2 Å². The molecule has 1 aliphatic heterocycles. The second kappa shape index (κ2) is 8.65. The monoisotopic (exact) mass is 456 g/mol. The van der Waals surface area contributed by atoms with Gasteiger partial charge in [-0.3, -0.25) is 0 Å². The van der Waals surface area contributed by atoms with Gasteiger partial charge < -0.3 is 15.4 Å². The van der Waals surface area contributed by atoms with E-state index in [0.717, 1.165) is 36.3 Å². The average molecular weight is 457 g/mol. The number of hydrogen-bond donors (Lipinski definition) is 1. The van der Waals surface area contributed by atoms with Crippen LogP contribution in [0.2, 0.25) is 10.0 Å². The highest BCUT2D eigenvalue weighted by molar-refractivity contribution is 6.36. The van der Waals surface area contributed by atoms with Gasteiger partial charge in [0.25, 0.3) is 5.88 Å². The summed E-state index contributed by atoms with van der Waals surface area (Å²) in [6, 6.07) is 8.05. The molecule has 4 rings (SSSR count). The topological polar surface area (TPSA) is 64.3 Å². The quantitative estimate of drug-likeness (QED) is 0.538. The zero-order valence-electron chi connectivity index (χ0n) is 18.2. The Morgan fingerprint density at radius 2 is 1.94 bits per heavy atom. The van der Waals surface area contributed by atoms with E-state index in [2.05, 4.69) is 41.0 Å². The van der Waals surface area contributed by atoms with Gasteiger partial charge in [-0.2, -0.15) is 0 Å². The van der Waals surface area contributed by atoms with Crippen LogP contribution < -0.4 is 10.5 Å². The molecular weight excluding hydrogens is 431 g/mol. The molecule has 0 aliphatic carbocycles. The predicted molar refractivity (Wildman–Crippen MR) is 127 cm³/mol. The van der Waals surface area contributed by atoms with Crippen LogP contribution in [0.4, 0.5) is 5.82 Å². The summed E-state index contributed by atoms with van der Waals surface area (Å²) in [5.74, 6) is 0.496. The Kier molecular flexibility index (Phi) is 6.11. The molecule has 2 heterocycles. The minimum absolute atomic E-state index is 0.227. The van der Waals surface area contributed by atoms with Crippen LogP contribution in [0.15, 0.2) is 30.5 Å². The fourth-order valence-electron chi connectivity index (χ4n) is 4.09. The minimum atomic E-state index is -0.439. The Hall–Kier alpha value is -2.34. The van der Waals surface area contributed by atoms with Crippen molar-refractivity contribution >= 4 is 29.0 Å². The molecule has 2 N–H and O–H groups in total. The zero-order chi connectivity index (χ0) is 22.3. The maximum atomic E-state index is 6.49. The van der Waals surface area contributed by atoms with E-state index in [-0.39, 0.29) is 11.7 Å². The highest BCUT2D eigenvalue weighted by Crippen LogP contribution is 2.36. The van der Waals surface area contributed by atoms with Crippen molar-refractivity contribution in [2.24, 2.45) is 0 Å². The van der Waals surface area contributed by atoms with Gasteiger partial charge in [0.1, 0.15) is 6.10 Å². The number of fused-ring (bicyclic) bond motifs is 1. The Morgan fingerprint density at radius 3 is 2.71 bits per heavy atom. The molecule has 1 aromatic heterocycles. The molecule has 1 unspecified atom stereocenters. The lowest BCUT2D eigenvalue weighted by Crippen LogP contribution is -2.27. The van der Waals surface area contributed by atoms with Crippen molar-refractivity contribution in [2.75, 3.05) is 19.3 Å². The summed E-state index contributed by atoms with van der Waals surface area (Å²) >= 11 is 12.9. The Balaban J connectivity index is 1.68. The van der Waals surface area contributed by atoms with E-state index < -0.39 is 6.10 Å². The largest absolute Gasteiger partial charge is 0.467 e. The number of nitrogens with two attached hydrogens (primary N) is 1. The number of ether oxygens (including phenoxy) is 1. The van der Waals surface area contributed by atoms with E-state index in [0.29, 0.717) is 15.6 Å². The van der Waals surface area contributed by atoms with E-state index in [4.69, 9.17) is 33.7 Å². The molecule has 0 fully saturated rings. The van der Waals surface area contributed by atoms with Crippen molar-refractivity contribution in [3.63, 3.8) is 0 Å². The van der Waals surface area contributed by atoms with Crippen LogP contribution in [0.5, 0.6) is 5.88 Å². The second-order valence-corrected chi connectivity index (χ2v) is 9.00. The Bertz CT molecular complexity index is 1150. The van der Waals surface area contributed by atoms with E-state index in [9.17, 15) is 0 Å². The summed E-state index contributed by atoms with van der Waals surface area (Å²) in [5.41, 5.74) is 13.5. The van der Waals surface area contributed by atoms with Crippen LogP contribution in [-0.4, -0.2) is 28.5 Å². The fraction of sp³-hybridized carbons (Fsp3) is 0.333. The first-order valence-corrected chi connectivity index (χ1v) is 11.0. The average Bonchev–Trinajstić information content (AvgIpc) is 2.72. The van der Waals surface area contributed by atoms with Gasteiger partial charge in [0.05, 0.1) is 16.9 Å². The number of aryl methyl sites for hydroxylation is 2. The van der Waals surface area contributed by atoms with Crippen molar-refractivity contribution in [2.45, 2.75) is 39.8 Å². The molecule has 0 amide bonds. The van der Waals surface area contributed by atoms with Crippen molar-refractivity contribution in [3.8, 4) is 17.1 Å². The zero-order valence-corrected chi connectivity index (χ0v) is 19.7. The summed E-state index contributed by atoms with van der Waals surface area (Å²) in [5, 5.41) is 1.12. The summed E-state index contributed by atoms with van der Waals surface area (Å²) in [6.07, 6.45) is 2.31. The number of rotatable bonds is 4. The summed E-state index contributed by atoms with van der Waals surface area (Å²) in [4.78, 5) is 11.3. The molecule has 162 valence electrons. The third kappa shape index (κ3) is 4.36. The standard InChI is InChI=1S/C24H26Cl2N4O/c1-13-5-6-19(25)21(22(13)26)15(3)31-24-23(27)28-11-20(29-24)16-9-14(2)18-7-8-30(4)12-17(18)10-16/h5-6,9-11,15H,7-8,12H2,1-4H3,(H2,27,28). The highest BCUT2D eigenvalue weighted by Gasteiger charge is 2.21. The number of anilines is 1. The van der Waals surface area contributed by atoms with Gasteiger partial charge in [0, 0.05) is 29.2 Å². The maximum Gasteiger partial charge on any atom is 0.258 e. The SMILES string of the molecule is Cc1ccc(Cl)c(C(C)Oc2nc(-c3cc(C)c4c(c3)CN(C)CC4)cnc2N)c1Cl. The number of hydrogen-bond acceptors (Lipinski definition) is 5. The first-order chi connectivity index (χ1) is 14.7. The van der Waals surface area contributed by atoms with Gasteiger partial charge in [0.15, 0.2) is 5.82 Å². The lowest BCUT2D eigenvalue weighted by atomic mass is 9.92. The van der Waals surface area contributed by atoms with Crippen molar-refractivity contribution in [1.82, 2.24) is 14.9 Å². The smallest absolute Gasteiger partial charge is 0.258 e. The van der Waals surface area contributed by atoms with Gasteiger partial charge in [-0.1, -0.05) is 29.3 Å². The van der Waals surface area contributed by atoms with Crippen LogP contribution in [0, 0.1) is 13.8 Å².